The van der Waals surface area contributed by atoms with Gasteiger partial charge in [-0.3, -0.25) is 0 Å². The highest BCUT2D eigenvalue weighted by atomic mass is 16.5. The molecule has 0 fully saturated rings. The van der Waals surface area contributed by atoms with E-state index in [-0.39, 0.29) is 6.61 Å². The average Bonchev–Trinajstić information content (AvgIpc) is 2.76. The second kappa shape index (κ2) is 3.36. The van der Waals surface area contributed by atoms with Crippen molar-refractivity contribution in [3.05, 3.63) is 30.4 Å². The van der Waals surface area contributed by atoms with E-state index in [1.165, 1.54) is 6.39 Å². The predicted octanol–water partition coefficient (Wildman–Crippen LogP) is -0.193. The first-order chi connectivity index (χ1) is 6.40. The maximum absolute atomic E-state index is 8.89. The topological polar surface area (TPSA) is 77.0 Å². The van der Waals surface area contributed by atoms with Gasteiger partial charge in [0.15, 0.2) is 5.82 Å². The van der Waals surface area contributed by atoms with E-state index in [4.69, 9.17) is 5.11 Å². The van der Waals surface area contributed by atoms with Crippen LogP contribution in [0.4, 0.5) is 0 Å². The van der Waals surface area contributed by atoms with Gasteiger partial charge in [0, 0.05) is 12.4 Å². The van der Waals surface area contributed by atoms with Gasteiger partial charge in [0.25, 0.3) is 0 Å². The van der Waals surface area contributed by atoms with Gasteiger partial charge in [0.05, 0.1) is 6.54 Å². The fourth-order valence-corrected chi connectivity index (χ4v) is 1.05. The maximum atomic E-state index is 8.89. The Hall–Kier alpha value is -1.69. The highest BCUT2D eigenvalue weighted by Gasteiger charge is 2.04. The Kier molecular flexibility index (Phi) is 2.05. The highest BCUT2D eigenvalue weighted by molar-refractivity contribution is 4.94. The lowest BCUT2D eigenvalue weighted by Gasteiger charge is -2.00. The third kappa shape index (κ3) is 1.57. The van der Waals surface area contributed by atoms with Crippen LogP contribution in [0.5, 0.6) is 0 Å². The van der Waals surface area contributed by atoms with Crippen LogP contribution in [0.25, 0.3) is 0 Å². The third-order valence-corrected chi connectivity index (χ3v) is 1.66. The molecule has 0 aromatic carbocycles. The van der Waals surface area contributed by atoms with Crippen LogP contribution in [-0.2, 0) is 13.2 Å². The van der Waals surface area contributed by atoms with E-state index in [2.05, 4.69) is 19.6 Å². The van der Waals surface area contributed by atoms with Gasteiger partial charge in [0.1, 0.15) is 12.4 Å². The SMILES string of the molecule is OCc1nccn1Cc1ncon1. The van der Waals surface area contributed by atoms with Crippen molar-refractivity contribution in [2.24, 2.45) is 0 Å². The van der Waals surface area contributed by atoms with Crippen LogP contribution < -0.4 is 0 Å². The minimum Gasteiger partial charge on any atom is -0.388 e. The Morgan fingerprint density at radius 2 is 2.38 bits per heavy atom. The van der Waals surface area contributed by atoms with Crippen molar-refractivity contribution in [1.29, 1.82) is 0 Å². The molecule has 68 valence electrons. The molecular weight excluding hydrogens is 172 g/mol. The summed E-state index contributed by atoms with van der Waals surface area (Å²) in [5, 5.41) is 12.5. The fourth-order valence-electron chi connectivity index (χ4n) is 1.05. The summed E-state index contributed by atoms with van der Waals surface area (Å²) in [6.45, 7) is 0.372. The number of imidazole rings is 1. The number of hydrogen-bond donors (Lipinski definition) is 1. The summed E-state index contributed by atoms with van der Waals surface area (Å²) in [6, 6.07) is 0. The lowest BCUT2D eigenvalue weighted by molar-refractivity contribution is 0.265. The number of aliphatic hydroxyl groups excluding tert-OH is 1. The van der Waals surface area contributed by atoms with Crippen molar-refractivity contribution in [1.82, 2.24) is 19.7 Å². The van der Waals surface area contributed by atoms with Crippen molar-refractivity contribution in [3.8, 4) is 0 Å². The summed E-state index contributed by atoms with van der Waals surface area (Å²) in [5.41, 5.74) is 0. The number of aromatic nitrogens is 4. The summed E-state index contributed by atoms with van der Waals surface area (Å²) in [6.07, 6.45) is 4.64. The second-order valence-corrected chi connectivity index (χ2v) is 2.48. The van der Waals surface area contributed by atoms with E-state index < -0.39 is 0 Å². The van der Waals surface area contributed by atoms with Gasteiger partial charge in [-0.2, -0.15) is 4.98 Å². The van der Waals surface area contributed by atoms with Gasteiger partial charge in [-0.15, -0.1) is 0 Å². The number of nitrogens with zero attached hydrogens (tertiary/aromatic N) is 4. The van der Waals surface area contributed by atoms with Crippen LogP contribution in [0.2, 0.25) is 0 Å². The summed E-state index contributed by atoms with van der Waals surface area (Å²) < 4.78 is 6.33. The summed E-state index contributed by atoms with van der Waals surface area (Å²) in [7, 11) is 0. The van der Waals surface area contributed by atoms with Crippen molar-refractivity contribution in [2.45, 2.75) is 13.2 Å². The zero-order chi connectivity index (χ0) is 9.10. The quantitative estimate of drug-likeness (QED) is 0.708. The molecule has 0 radical (unpaired) electrons. The summed E-state index contributed by atoms with van der Waals surface area (Å²) in [5.74, 6) is 1.15. The molecular formula is C7H8N4O2. The standard InChI is InChI=1S/C7H8N4O2/c12-4-7-8-1-2-11(7)3-6-9-5-13-10-6/h1-2,5,12H,3-4H2. The molecule has 0 atom stereocenters. The molecule has 0 spiro atoms. The largest absolute Gasteiger partial charge is 0.388 e. The van der Waals surface area contributed by atoms with Crippen molar-refractivity contribution >= 4 is 0 Å². The Morgan fingerprint density at radius 1 is 1.46 bits per heavy atom. The lowest BCUT2D eigenvalue weighted by atomic mass is 10.5. The van der Waals surface area contributed by atoms with E-state index in [1.807, 2.05) is 0 Å². The monoisotopic (exact) mass is 180 g/mol. The molecule has 0 saturated heterocycles. The summed E-state index contributed by atoms with van der Waals surface area (Å²) >= 11 is 0. The Balaban J connectivity index is 2.18. The number of rotatable bonds is 3. The van der Waals surface area contributed by atoms with Crippen LogP contribution in [0.3, 0.4) is 0 Å². The van der Waals surface area contributed by atoms with Crippen LogP contribution in [0, 0.1) is 0 Å². The first-order valence-electron chi connectivity index (χ1n) is 3.76. The molecule has 2 aromatic heterocycles. The van der Waals surface area contributed by atoms with Crippen molar-refractivity contribution in [2.75, 3.05) is 0 Å². The molecule has 0 saturated carbocycles. The van der Waals surface area contributed by atoms with E-state index in [1.54, 1.807) is 17.0 Å². The normalized spacial score (nSPS) is 10.5. The molecule has 2 heterocycles. The number of hydrogen-bond acceptors (Lipinski definition) is 5. The maximum Gasteiger partial charge on any atom is 0.213 e. The first kappa shape index (κ1) is 7.93. The van der Waals surface area contributed by atoms with Gasteiger partial charge < -0.3 is 14.2 Å². The molecule has 1 N–H and O–H groups in total. The molecule has 6 heteroatoms. The zero-order valence-electron chi connectivity index (χ0n) is 6.79. The molecule has 6 nitrogen and oxygen atoms in total. The molecule has 0 aliphatic rings. The van der Waals surface area contributed by atoms with Gasteiger partial charge in [-0.25, -0.2) is 4.98 Å². The predicted molar refractivity (Wildman–Crippen MR) is 41.5 cm³/mol. The minimum absolute atomic E-state index is 0.0924. The Bertz CT molecular complexity index is 368. The highest BCUT2D eigenvalue weighted by Crippen LogP contribution is 2.00. The van der Waals surface area contributed by atoms with E-state index in [0.717, 1.165) is 0 Å². The zero-order valence-corrected chi connectivity index (χ0v) is 6.79. The molecule has 2 rings (SSSR count). The van der Waals surface area contributed by atoms with Crippen molar-refractivity contribution in [3.63, 3.8) is 0 Å². The lowest BCUT2D eigenvalue weighted by Crippen LogP contribution is -2.05. The van der Waals surface area contributed by atoms with E-state index in [0.29, 0.717) is 18.2 Å². The molecule has 0 amide bonds. The van der Waals surface area contributed by atoms with Gasteiger partial charge in [0.2, 0.25) is 6.39 Å². The van der Waals surface area contributed by atoms with Crippen LogP contribution in [-0.4, -0.2) is 24.8 Å². The Labute approximate surface area is 73.8 Å². The fraction of sp³-hybridized carbons (Fsp3) is 0.286. The van der Waals surface area contributed by atoms with Crippen LogP contribution in [0.15, 0.2) is 23.3 Å². The van der Waals surface area contributed by atoms with Crippen LogP contribution >= 0.6 is 0 Å². The average molecular weight is 180 g/mol. The van der Waals surface area contributed by atoms with Gasteiger partial charge in [-0.1, -0.05) is 5.16 Å². The van der Waals surface area contributed by atoms with E-state index >= 15 is 0 Å². The molecule has 0 aliphatic heterocycles. The first-order valence-corrected chi connectivity index (χ1v) is 3.76. The van der Waals surface area contributed by atoms with Gasteiger partial charge in [-0.05, 0) is 0 Å². The van der Waals surface area contributed by atoms with Crippen LogP contribution in [0.1, 0.15) is 11.6 Å². The second-order valence-electron chi connectivity index (χ2n) is 2.48. The molecule has 0 aliphatic carbocycles. The molecule has 0 bridgehead atoms. The smallest absolute Gasteiger partial charge is 0.213 e. The number of aliphatic hydroxyl groups is 1. The molecule has 13 heavy (non-hydrogen) atoms. The Morgan fingerprint density at radius 3 is 3.08 bits per heavy atom. The molecule has 0 unspecified atom stereocenters. The van der Waals surface area contributed by atoms with Crippen molar-refractivity contribution < 1.29 is 9.63 Å². The van der Waals surface area contributed by atoms with E-state index in [9.17, 15) is 0 Å². The minimum atomic E-state index is -0.0924. The third-order valence-electron chi connectivity index (χ3n) is 1.66. The molecule has 2 aromatic rings. The van der Waals surface area contributed by atoms with Gasteiger partial charge >= 0.3 is 0 Å². The summed E-state index contributed by atoms with van der Waals surface area (Å²) in [4.78, 5) is 7.80.